The second-order valence-corrected chi connectivity index (χ2v) is 3.83. The van der Waals surface area contributed by atoms with Gasteiger partial charge in [-0.25, -0.2) is 4.98 Å². The minimum Gasteiger partial charge on any atom is -0.394 e. The number of hydrogen-bond donors (Lipinski definition) is 6. The molecule has 3 atom stereocenters. The molecular weight excluding hydrogens is 228 g/mol. The third kappa shape index (κ3) is 2.23. The number of fused-ring (bicyclic) bond motifs is 1. The first-order valence-electron chi connectivity index (χ1n) is 5.18. The predicted molar refractivity (Wildman–Crippen MR) is 59.9 cm³/mol. The molecule has 17 heavy (non-hydrogen) atoms. The van der Waals surface area contributed by atoms with Gasteiger partial charge >= 0.3 is 0 Å². The Labute approximate surface area is 96.3 Å². The number of hydrogen-bond acceptors (Lipinski definition) is 7. The summed E-state index contributed by atoms with van der Waals surface area (Å²) in [6, 6.07) is -0.574. The summed E-state index contributed by atoms with van der Waals surface area (Å²) in [5, 5.41) is 33.4. The van der Waals surface area contributed by atoms with Gasteiger partial charge in [0.25, 0.3) is 5.56 Å². The van der Waals surface area contributed by atoms with Crippen LogP contribution in [0.25, 0.3) is 0 Å². The van der Waals surface area contributed by atoms with Gasteiger partial charge in [0.15, 0.2) is 5.82 Å². The smallest absolute Gasteiger partial charge is 0.276 e. The average molecular weight is 242 g/mol. The van der Waals surface area contributed by atoms with Crippen molar-refractivity contribution in [3.8, 4) is 0 Å². The first-order chi connectivity index (χ1) is 8.13. The standard InChI is InChI=1S/C9H14N4O4/c14-2-5(15)7(16)4-1-10-8-6(13-4)9(17)12-3-11-8/h3-5,7,13-16H,1-2H2,(H2,10,11,12,17). The Morgan fingerprint density at radius 3 is 3.00 bits per heavy atom. The number of rotatable bonds is 3. The van der Waals surface area contributed by atoms with Crippen LogP contribution in [0.3, 0.4) is 0 Å². The normalized spacial score (nSPS) is 21.9. The molecule has 0 aliphatic carbocycles. The Morgan fingerprint density at radius 1 is 1.53 bits per heavy atom. The Bertz CT molecular complexity index is 449. The molecular formula is C9H14N4O4. The molecule has 2 rings (SSSR count). The number of anilines is 2. The highest BCUT2D eigenvalue weighted by Gasteiger charge is 2.30. The zero-order chi connectivity index (χ0) is 12.4. The summed E-state index contributed by atoms with van der Waals surface area (Å²) in [6.07, 6.45) is -1.17. The molecule has 0 aromatic carbocycles. The van der Waals surface area contributed by atoms with Crippen molar-refractivity contribution >= 4 is 11.5 Å². The van der Waals surface area contributed by atoms with Gasteiger partial charge in [-0.3, -0.25) is 4.79 Å². The van der Waals surface area contributed by atoms with Crippen molar-refractivity contribution in [1.82, 2.24) is 9.97 Å². The molecule has 8 nitrogen and oxygen atoms in total. The van der Waals surface area contributed by atoms with Crippen molar-refractivity contribution in [2.24, 2.45) is 0 Å². The molecule has 0 saturated heterocycles. The number of nitrogens with one attached hydrogen (secondary N) is 3. The summed E-state index contributed by atoms with van der Waals surface area (Å²) >= 11 is 0. The summed E-state index contributed by atoms with van der Waals surface area (Å²) in [5.41, 5.74) is -0.147. The second-order valence-electron chi connectivity index (χ2n) is 3.83. The first kappa shape index (κ1) is 11.8. The largest absolute Gasteiger partial charge is 0.394 e. The fraction of sp³-hybridized carbons (Fsp3) is 0.556. The van der Waals surface area contributed by atoms with E-state index in [9.17, 15) is 15.0 Å². The van der Waals surface area contributed by atoms with Crippen LogP contribution in [0.4, 0.5) is 11.5 Å². The lowest BCUT2D eigenvalue weighted by molar-refractivity contribution is -0.0210. The van der Waals surface area contributed by atoms with Crippen LogP contribution in [-0.4, -0.2) is 56.7 Å². The molecule has 0 saturated carbocycles. The lowest BCUT2D eigenvalue weighted by Crippen LogP contribution is -2.50. The van der Waals surface area contributed by atoms with E-state index in [4.69, 9.17) is 5.11 Å². The van der Waals surface area contributed by atoms with Crippen LogP contribution in [0, 0.1) is 0 Å². The minimum absolute atomic E-state index is 0.216. The Morgan fingerprint density at radius 2 is 2.29 bits per heavy atom. The molecule has 0 bridgehead atoms. The van der Waals surface area contributed by atoms with Crippen molar-refractivity contribution in [3.05, 3.63) is 16.7 Å². The van der Waals surface area contributed by atoms with E-state index >= 15 is 0 Å². The fourth-order valence-corrected chi connectivity index (χ4v) is 1.69. The van der Waals surface area contributed by atoms with Crippen LogP contribution >= 0.6 is 0 Å². The maximum atomic E-state index is 11.5. The first-order valence-corrected chi connectivity index (χ1v) is 5.18. The van der Waals surface area contributed by atoms with Crippen molar-refractivity contribution in [1.29, 1.82) is 0 Å². The van der Waals surface area contributed by atoms with Gasteiger partial charge in [0.05, 0.1) is 19.0 Å². The van der Waals surface area contributed by atoms with Crippen LogP contribution < -0.4 is 16.2 Å². The summed E-state index contributed by atoms with van der Waals surface area (Å²) in [6.45, 7) is -0.253. The van der Waals surface area contributed by atoms with Crippen LogP contribution in [0.2, 0.25) is 0 Å². The van der Waals surface area contributed by atoms with Gasteiger partial charge in [-0.1, -0.05) is 0 Å². The monoisotopic (exact) mass is 242 g/mol. The van der Waals surface area contributed by atoms with Gasteiger partial charge in [0, 0.05) is 6.54 Å². The molecule has 0 amide bonds. The maximum absolute atomic E-state index is 11.5. The molecule has 8 heteroatoms. The van der Waals surface area contributed by atoms with E-state index in [1.165, 1.54) is 6.33 Å². The van der Waals surface area contributed by atoms with Gasteiger partial charge in [-0.05, 0) is 0 Å². The van der Waals surface area contributed by atoms with Crippen LogP contribution in [0.1, 0.15) is 0 Å². The molecule has 3 unspecified atom stereocenters. The van der Waals surface area contributed by atoms with Crippen LogP contribution in [0.15, 0.2) is 11.1 Å². The highest BCUT2D eigenvalue weighted by atomic mass is 16.4. The lowest BCUT2D eigenvalue weighted by Gasteiger charge is -2.31. The number of H-pyrrole nitrogens is 1. The van der Waals surface area contributed by atoms with Crippen molar-refractivity contribution in [2.45, 2.75) is 18.2 Å². The fourth-order valence-electron chi connectivity index (χ4n) is 1.69. The van der Waals surface area contributed by atoms with Gasteiger partial charge in [0.2, 0.25) is 0 Å². The highest BCUT2D eigenvalue weighted by molar-refractivity contribution is 5.65. The zero-order valence-corrected chi connectivity index (χ0v) is 8.92. The summed E-state index contributed by atoms with van der Waals surface area (Å²) in [5.74, 6) is 0.399. The average Bonchev–Trinajstić information content (AvgIpc) is 2.37. The number of aromatic amines is 1. The van der Waals surface area contributed by atoms with E-state index in [1.807, 2.05) is 0 Å². The Balaban J connectivity index is 2.18. The van der Waals surface area contributed by atoms with Gasteiger partial charge in [-0.2, -0.15) is 0 Å². The number of nitrogens with zero attached hydrogens (tertiary/aromatic N) is 1. The SMILES string of the molecule is O=c1[nH]cnc2c1NC(C(O)C(O)CO)CN2. The lowest BCUT2D eigenvalue weighted by atomic mass is 10.0. The van der Waals surface area contributed by atoms with Crippen LogP contribution in [0.5, 0.6) is 0 Å². The molecule has 1 aromatic rings. The molecule has 94 valence electrons. The third-order valence-electron chi connectivity index (χ3n) is 2.67. The van der Waals surface area contributed by atoms with Gasteiger partial charge < -0.3 is 30.9 Å². The molecule has 1 aliphatic heterocycles. The topological polar surface area (TPSA) is 130 Å². The van der Waals surface area contributed by atoms with E-state index in [0.717, 1.165) is 0 Å². The molecule has 6 N–H and O–H groups in total. The summed E-state index contributed by atoms with van der Waals surface area (Å²) in [7, 11) is 0. The van der Waals surface area contributed by atoms with Gasteiger partial charge in [-0.15, -0.1) is 0 Å². The maximum Gasteiger partial charge on any atom is 0.276 e. The zero-order valence-electron chi connectivity index (χ0n) is 8.92. The summed E-state index contributed by atoms with van der Waals surface area (Å²) in [4.78, 5) is 17.8. The van der Waals surface area contributed by atoms with E-state index in [-0.39, 0.29) is 11.2 Å². The third-order valence-corrected chi connectivity index (χ3v) is 2.67. The molecule has 0 spiro atoms. The Kier molecular flexibility index (Phi) is 3.27. The molecule has 0 radical (unpaired) electrons. The number of aliphatic hydroxyl groups is 3. The number of aliphatic hydroxyl groups excluding tert-OH is 3. The quantitative estimate of drug-likeness (QED) is 0.351. The predicted octanol–water partition coefficient (Wildman–Crippen LogP) is -2.31. The molecule has 1 aliphatic rings. The second kappa shape index (κ2) is 4.70. The van der Waals surface area contributed by atoms with E-state index in [2.05, 4.69) is 20.6 Å². The van der Waals surface area contributed by atoms with Crippen molar-refractivity contribution in [3.63, 3.8) is 0 Å². The van der Waals surface area contributed by atoms with Crippen molar-refractivity contribution in [2.75, 3.05) is 23.8 Å². The Hall–Kier alpha value is -1.64. The van der Waals surface area contributed by atoms with E-state index in [1.54, 1.807) is 0 Å². The van der Waals surface area contributed by atoms with Gasteiger partial charge in [0.1, 0.15) is 17.9 Å². The van der Waals surface area contributed by atoms with Crippen LogP contribution in [-0.2, 0) is 0 Å². The van der Waals surface area contributed by atoms with E-state index < -0.39 is 24.9 Å². The van der Waals surface area contributed by atoms with E-state index in [0.29, 0.717) is 12.4 Å². The molecule has 2 heterocycles. The highest BCUT2D eigenvalue weighted by Crippen LogP contribution is 2.20. The summed E-state index contributed by atoms with van der Waals surface area (Å²) < 4.78 is 0. The number of aromatic nitrogens is 2. The minimum atomic E-state index is -1.26. The van der Waals surface area contributed by atoms with Crippen molar-refractivity contribution < 1.29 is 15.3 Å². The molecule has 1 aromatic heterocycles. The molecule has 0 fully saturated rings.